The summed E-state index contributed by atoms with van der Waals surface area (Å²) >= 11 is 3.37. The number of para-hydroxylation sites is 1. The number of pyridine rings is 2. The van der Waals surface area contributed by atoms with Crippen LogP contribution < -0.4 is 15.8 Å². The highest BCUT2D eigenvalue weighted by Gasteiger charge is 2.19. The first-order valence-electron chi connectivity index (χ1n) is 8.36. The number of aromatic nitrogens is 4. The molecule has 1 aromatic carbocycles. The summed E-state index contributed by atoms with van der Waals surface area (Å²) in [4.78, 5) is 28.6. The van der Waals surface area contributed by atoms with Gasteiger partial charge in [0.25, 0.3) is 11.8 Å². The van der Waals surface area contributed by atoms with Gasteiger partial charge in [0, 0.05) is 16.9 Å². The van der Waals surface area contributed by atoms with Crippen LogP contribution in [0, 0.1) is 0 Å². The highest BCUT2D eigenvalue weighted by Crippen LogP contribution is 2.26. The SMILES string of the molecule is NC(=O)c1ccccc1Oc1ncccc1C(=O)Nc1nnc2ccc(Br)cn12. The molecule has 0 aliphatic rings. The van der Waals surface area contributed by atoms with Gasteiger partial charge in [-0.2, -0.15) is 0 Å². The maximum atomic E-state index is 12.9. The summed E-state index contributed by atoms with van der Waals surface area (Å²) in [6.45, 7) is 0. The number of amides is 2. The molecule has 4 rings (SSSR count). The zero-order chi connectivity index (χ0) is 20.4. The lowest BCUT2D eigenvalue weighted by molar-refractivity contribution is 0.0997. The first kappa shape index (κ1) is 18.6. The normalized spacial score (nSPS) is 10.7. The molecule has 0 saturated carbocycles. The molecule has 3 heterocycles. The van der Waals surface area contributed by atoms with Gasteiger partial charge in [-0.25, -0.2) is 4.98 Å². The third-order valence-corrected chi connectivity index (χ3v) is 4.44. The third-order valence-electron chi connectivity index (χ3n) is 3.97. The lowest BCUT2D eigenvalue weighted by atomic mass is 10.2. The molecule has 3 aromatic heterocycles. The minimum Gasteiger partial charge on any atom is -0.437 e. The van der Waals surface area contributed by atoms with Gasteiger partial charge in [0.15, 0.2) is 5.65 Å². The molecule has 0 aliphatic heterocycles. The van der Waals surface area contributed by atoms with E-state index in [0.29, 0.717) is 5.65 Å². The smallest absolute Gasteiger partial charge is 0.263 e. The van der Waals surface area contributed by atoms with E-state index >= 15 is 0 Å². The number of halogens is 1. The topological polar surface area (TPSA) is 124 Å². The van der Waals surface area contributed by atoms with E-state index in [-0.39, 0.29) is 28.7 Å². The number of ether oxygens (including phenoxy) is 1. The minimum absolute atomic E-state index is 0.0219. The Kier molecular flexibility index (Phi) is 4.92. The number of benzene rings is 1. The van der Waals surface area contributed by atoms with Crippen molar-refractivity contribution in [3.8, 4) is 11.6 Å². The van der Waals surface area contributed by atoms with Crippen molar-refractivity contribution in [3.05, 3.63) is 76.5 Å². The van der Waals surface area contributed by atoms with Crippen molar-refractivity contribution in [1.29, 1.82) is 0 Å². The number of nitrogens with one attached hydrogen (secondary N) is 1. The maximum absolute atomic E-state index is 12.9. The first-order valence-corrected chi connectivity index (χ1v) is 9.15. The number of carbonyl (C=O) groups is 2. The van der Waals surface area contributed by atoms with Crippen LogP contribution in [0.5, 0.6) is 11.6 Å². The van der Waals surface area contributed by atoms with Crippen molar-refractivity contribution < 1.29 is 14.3 Å². The molecule has 3 N–H and O–H groups in total. The number of carbonyl (C=O) groups excluding carboxylic acids is 2. The van der Waals surface area contributed by atoms with E-state index < -0.39 is 11.8 Å². The molecule has 29 heavy (non-hydrogen) atoms. The summed E-state index contributed by atoms with van der Waals surface area (Å²) < 4.78 is 8.15. The number of rotatable bonds is 5. The number of hydrogen-bond acceptors (Lipinski definition) is 6. The van der Waals surface area contributed by atoms with Crippen molar-refractivity contribution in [1.82, 2.24) is 19.6 Å². The molecule has 0 radical (unpaired) electrons. The molecule has 0 bridgehead atoms. The maximum Gasteiger partial charge on any atom is 0.263 e. The van der Waals surface area contributed by atoms with Crippen molar-refractivity contribution in [2.75, 3.05) is 5.32 Å². The van der Waals surface area contributed by atoms with E-state index in [1.807, 2.05) is 6.07 Å². The fourth-order valence-electron chi connectivity index (χ4n) is 2.63. The van der Waals surface area contributed by atoms with Gasteiger partial charge in [-0.1, -0.05) is 12.1 Å². The van der Waals surface area contributed by atoms with Crippen LogP contribution in [-0.2, 0) is 0 Å². The van der Waals surface area contributed by atoms with Crippen LogP contribution in [0.2, 0.25) is 0 Å². The highest BCUT2D eigenvalue weighted by atomic mass is 79.9. The van der Waals surface area contributed by atoms with Gasteiger partial charge in [-0.3, -0.25) is 19.3 Å². The summed E-state index contributed by atoms with van der Waals surface area (Å²) in [5.74, 6) is -0.695. The number of nitrogens with two attached hydrogens (primary N) is 1. The standard InChI is InChI=1S/C19H13BrN6O3/c20-11-7-8-15-24-25-19(26(15)10-11)23-17(28)13-5-3-9-22-18(13)29-14-6-2-1-4-12(14)16(21)27/h1-10H,(H2,21,27)(H,23,25,28). The number of fused-ring (bicyclic) bond motifs is 1. The quantitative estimate of drug-likeness (QED) is 0.479. The van der Waals surface area contributed by atoms with Gasteiger partial charge in [0.2, 0.25) is 11.8 Å². The summed E-state index contributed by atoms with van der Waals surface area (Å²) in [5, 5.41) is 10.7. The van der Waals surface area contributed by atoms with Crippen molar-refractivity contribution >= 4 is 39.3 Å². The first-order chi connectivity index (χ1) is 14.0. The van der Waals surface area contributed by atoms with Crippen LogP contribution in [0.3, 0.4) is 0 Å². The van der Waals surface area contributed by atoms with Crippen LogP contribution in [0.1, 0.15) is 20.7 Å². The molecule has 2 amide bonds. The monoisotopic (exact) mass is 452 g/mol. The van der Waals surface area contributed by atoms with E-state index in [2.05, 4.69) is 36.4 Å². The average molecular weight is 453 g/mol. The second-order valence-electron chi connectivity index (χ2n) is 5.87. The number of anilines is 1. The fraction of sp³-hybridized carbons (Fsp3) is 0. The molecular formula is C19H13BrN6O3. The molecule has 0 saturated heterocycles. The lowest BCUT2D eigenvalue weighted by Gasteiger charge is -2.11. The summed E-state index contributed by atoms with van der Waals surface area (Å²) in [6, 6.07) is 13.2. The summed E-state index contributed by atoms with van der Waals surface area (Å²) in [7, 11) is 0. The Hall–Kier alpha value is -3.79. The molecule has 0 aliphatic carbocycles. The second kappa shape index (κ2) is 7.68. The number of hydrogen-bond donors (Lipinski definition) is 2. The molecule has 144 valence electrons. The molecule has 4 aromatic rings. The molecular weight excluding hydrogens is 440 g/mol. The van der Waals surface area contributed by atoms with Crippen LogP contribution >= 0.6 is 15.9 Å². The highest BCUT2D eigenvalue weighted by molar-refractivity contribution is 9.10. The van der Waals surface area contributed by atoms with Gasteiger partial charge in [0.1, 0.15) is 11.3 Å². The van der Waals surface area contributed by atoms with Gasteiger partial charge >= 0.3 is 0 Å². The predicted octanol–water partition coefficient (Wildman–Crippen LogP) is 3.03. The average Bonchev–Trinajstić information content (AvgIpc) is 3.10. The van der Waals surface area contributed by atoms with Crippen LogP contribution in [0.4, 0.5) is 5.95 Å². The van der Waals surface area contributed by atoms with E-state index in [1.54, 1.807) is 47.0 Å². The summed E-state index contributed by atoms with van der Waals surface area (Å²) in [5.41, 5.74) is 6.28. The zero-order valence-electron chi connectivity index (χ0n) is 14.7. The minimum atomic E-state index is -0.650. The van der Waals surface area contributed by atoms with Crippen LogP contribution in [-0.4, -0.2) is 31.4 Å². The third kappa shape index (κ3) is 3.78. The molecule has 0 unspecified atom stereocenters. The summed E-state index contributed by atoms with van der Waals surface area (Å²) in [6.07, 6.45) is 3.21. The zero-order valence-corrected chi connectivity index (χ0v) is 16.3. The van der Waals surface area contributed by atoms with Gasteiger partial charge in [0.05, 0.1) is 5.56 Å². The van der Waals surface area contributed by atoms with Crippen molar-refractivity contribution in [3.63, 3.8) is 0 Å². The molecule has 0 fully saturated rings. The van der Waals surface area contributed by atoms with Gasteiger partial charge in [-0.15, -0.1) is 10.2 Å². The Bertz CT molecular complexity index is 1240. The van der Waals surface area contributed by atoms with Gasteiger partial charge in [-0.05, 0) is 52.3 Å². The second-order valence-corrected chi connectivity index (χ2v) is 6.79. The van der Waals surface area contributed by atoms with Crippen molar-refractivity contribution in [2.45, 2.75) is 0 Å². The lowest BCUT2D eigenvalue weighted by Crippen LogP contribution is -2.16. The molecule has 9 nitrogen and oxygen atoms in total. The molecule has 0 spiro atoms. The Morgan fingerprint density at radius 3 is 2.66 bits per heavy atom. The van der Waals surface area contributed by atoms with E-state index in [4.69, 9.17) is 10.5 Å². The number of nitrogens with zero attached hydrogens (tertiary/aromatic N) is 4. The largest absolute Gasteiger partial charge is 0.437 e. The Morgan fingerprint density at radius 1 is 1.03 bits per heavy atom. The van der Waals surface area contributed by atoms with E-state index in [1.165, 1.54) is 12.3 Å². The Balaban J connectivity index is 1.65. The van der Waals surface area contributed by atoms with Gasteiger partial charge < -0.3 is 10.5 Å². The van der Waals surface area contributed by atoms with Crippen LogP contribution in [0.15, 0.2) is 65.4 Å². The van der Waals surface area contributed by atoms with E-state index in [9.17, 15) is 9.59 Å². The van der Waals surface area contributed by atoms with Crippen LogP contribution in [0.25, 0.3) is 5.65 Å². The van der Waals surface area contributed by atoms with Crippen molar-refractivity contribution in [2.24, 2.45) is 5.73 Å². The van der Waals surface area contributed by atoms with E-state index in [0.717, 1.165) is 4.47 Å². The number of primary amides is 1. The predicted molar refractivity (Wildman–Crippen MR) is 108 cm³/mol. The molecule has 0 atom stereocenters. The Morgan fingerprint density at radius 2 is 1.83 bits per heavy atom. The Labute approximate surface area is 172 Å². The molecule has 10 heteroatoms. The fourth-order valence-corrected chi connectivity index (χ4v) is 2.96.